The Morgan fingerprint density at radius 3 is 2.45 bits per heavy atom. The molecule has 5 N–H and O–H groups in total. The van der Waals surface area contributed by atoms with Crippen LogP contribution in [0.5, 0.6) is 0 Å². The van der Waals surface area contributed by atoms with Gasteiger partial charge >= 0.3 is 6.03 Å². The molecular weight excluding hydrogens is 548 g/mol. The van der Waals surface area contributed by atoms with Gasteiger partial charge in [-0.3, -0.25) is 9.59 Å². The lowest BCUT2D eigenvalue weighted by atomic mass is 9.89. The first kappa shape index (κ1) is 31.3. The second kappa shape index (κ2) is 14.5. The Balaban J connectivity index is 1.24. The van der Waals surface area contributed by atoms with Crippen LogP contribution >= 0.6 is 11.3 Å². The first-order valence-corrected chi connectivity index (χ1v) is 17.4. The van der Waals surface area contributed by atoms with E-state index in [1.165, 1.54) is 37.7 Å². The van der Waals surface area contributed by atoms with Gasteiger partial charge in [0.15, 0.2) is 0 Å². The largest absolute Gasteiger partial charge is 0.351 e. The average Bonchev–Trinajstić information content (AvgIpc) is 3.62. The first-order chi connectivity index (χ1) is 20.4. The highest BCUT2D eigenvalue weighted by Crippen LogP contribution is 2.53. The van der Waals surface area contributed by atoms with Crippen LogP contribution in [0.1, 0.15) is 93.9 Å². The number of nitrogens with two attached hydrogens (primary N) is 1. The fourth-order valence-corrected chi connectivity index (χ4v) is 7.95. The minimum atomic E-state index is -0.494. The molecule has 1 aromatic heterocycles. The van der Waals surface area contributed by atoms with E-state index in [1.807, 2.05) is 9.80 Å². The molecule has 9 nitrogen and oxygen atoms in total. The van der Waals surface area contributed by atoms with Crippen LogP contribution in [0.4, 0.5) is 4.79 Å². The van der Waals surface area contributed by atoms with Gasteiger partial charge in [-0.2, -0.15) is 0 Å². The molecule has 3 atom stereocenters. The van der Waals surface area contributed by atoms with Gasteiger partial charge in [-0.05, 0) is 93.7 Å². The molecule has 234 valence electrons. The van der Waals surface area contributed by atoms with Gasteiger partial charge in [0.1, 0.15) is 0 Å². The fraction of sp³-hybridized carbons (Fsp3) is 0.781. The SMILES string of the molecule is Cc1csc(CNC(=O)[C@H]2CN(C(=O)[C@@H](CCCCN)NC3CCCCC3)CC[C@H]2NC(=O)N2CCC3(CC2)CC3)c1. The molecule has 10 heteroatoms. The highest BCUT2D eigenvalue weighted by molar-refractivity contribution is 7.10. The summed E-state index contributed by atoms with van der Waals surface area (Å²) in [7, 11) is 0. The van der Waals surface area contributed by atoms with Crippen molar-refractivity contribution in [2.24, 2.45) is 17.1 Å². The highest BCUT2D eigenvalue weighted by Gasteiger charge is 2.46. The molecular formula is C32H52N6O3S. The normalized spacial score (nSPS) is 24.8. The third kappa shape index (κ3) is 8.26. The van der Waals surface area contributed by atoms with E-state index in [0.29, 0.717) is 44.1 Å². The number of carbonyl (C=O) groups excluding carboxylic acids is 3. The van der Waals surface area contributed by atoms with Crippen LogP contribution in [0.3, 0.4) is 0 Å². The zero-order chi connectivity index (χ0) is 29.5. The molecule has 0 unspecified atom stereocenters. The van der Waals surface area contributed by atoms with Gasteiger partial charge in [-0.25, -0.2) is 4.79 Å². The Kier molecular flexibility index (Phi) is 10.8. The lowest BCUT2D eigenvalue weighted by molar-refractivity contribution is -0.138. The van der Waals surface area contributed by atoms with Gasteiger partial charge in [0, 0.05) is 43.1 Å². The van der Waals surface area contributed by atoms with Crippen LogP contribution in [-0.2, 0) is 16.1 Å². The van der Waals surface area contributed by atoms with Crippen molar-refractivity contribution in [3.05, 3.63) is 21.9 Å². The van der Waals surface area contributed by atoms with Crippen molar-refractivity contribution in [2.75, 3.05) is 32.7 Å². The topological polar surface area (TPSA) is 120 Å². The molecule has 3 heterocycles. The van der Waals surface area contributed by atoms with Gasteiger partial charge in [-0.1, -0.05) is 25.7 Å². The number of likely N-dealkylation sites (tertiary alicyclic amines) is 2. The Bertz CT molecular complexity index is 1060. The highest BCUT2D eigenvalue weighted by atomic mass is 32.1. The van der Waals surface area contributed by atoms with Crippen LogP contribution in [0.2, 0.25) is 0 Å². The van der Waals surface area contributed by atoms with E-state index >= 15 is 0 Å². The average molecular weight is 601 g/mol. The lowest BCUT2D eigenvalue weighted by Gasteiger charge is -2.41. The third-order valence-electron chi connectivity index (χ3n) is 10.1. The number of piperidine rings is 2. The molecule has 2 aliphatic carbocycles. The number of nitrogens with zero attached hydrogens (tertiary/aromatic N) is 2. The van der Waals surface area contributed by atoms with Crippen molar-refractivity contribution in [3.63, 3.8) is 0 Å². The summed E-state index contributed by atoms with van der Waals surface area (Å²) < 4.78 is 0. The van der Waals surface area contributed by atoms with Crippen molar-refractivity contribution >= 4 is 29.2 Å². The number of aryl methyl sites for hydroxylation is 1. The summed E-state index contributed by atoms with van der Waals surface area (Å²) in [6.45, 7) is 5.57. The van der Waals surface area contributed by atoms with Gasteiger partial charge in [0.2, 0.25) is 11.8 Å². The number of carbonyl (C=O) groups is 3. The summed E-state index contributed by atoms with van der Waals surface area (Å²) in [5.74, 6) is -0.509. The van der Waals surface area contributed by atoms with Gasteiger partial charge in [0.05, 0.1) is 18.5 Å². The van der Waals surface area contributed by atoms with Gasteiger partial charge in [-0.15, -0.1) is 11.3 Å². The van der Waals surface area contributed by atoms with Crippen LogP contribution in [0, 0.1) is 18.3 Å². The molecule has 4 aliphatic rings. The number of rotatable bonds is 11. The molecule has 0 aromatic carbocycles. The molecule has 2 saturated heterocycles. The maximum atomic E-state index is 14.0. The Hall–Kier alpha value is -2.17. The summed E-state index contributed by atoms with van der Waals surface area (Å²) in [5, 5.41) is 12.1. The minimum Gasteiger partial charge on any atom is -0.351 e. The summed E-state index contributed by atoms with van der Waals surface area (Å²) in [6.07, 6.45) is 13.8. The Morgan fingerprint density at radius 1 is 1.02 bits per heavy atom. The Labute approximate surface area is 255 Å². The van der Waals surface area contributed by atoms with E-state index in [1.54, 1.807) is 11.3 Å². The molecule has 2 aliphatic heterocycles. The predicted octanol–water partition coefficient (Wildman–Crippen LogP) is 3.90. The zero-order valence-electron chi connectivity index (χ0n) is 25.5. The minimum absolute atomic E-state index is 0.0689. The van der Waals surface area contributed by atoms with Crippen LogP contribution in [0.15, 0.2) is 11.4 Å². The number of amides is 4. The Morgan fingerprint density at radius 2 is 1.79 bits per heavy atom. The van der Waals surface area contributed by atoms with Crippen LogP contribution in [0.25, 0.3) is 0 Å². The van der Waals surface area contributed by atoms with Crippen LogP contribution in [-0.4, -0.2) is 78.5 Å². The summed E-state index contributed by atoms with van der Waals surface area (Å²) in [5.41, 5.74) is 7.45. The number of hydrogen-bond donors (Lipinski definition) is 4. The monoisotopic (exact) mass is 600 g/mol. The maximum absolute atomic E-state index is 14.0. The first-order valence-electron chi connectivity index (χ1n) is 16.5. The number of nitrogens with one attached hydrogen (secondary N) is 3. The van der Waals surface area contributed by atoms with E-state index in [-0.39, 0.29) is 29.9 Å². The van der Waals surface area contributed by atoms with E-state index in [9.17, 15) is 14.4 Å². The van der Waals surface area contributed by atoms with Gasteiger partial charge in [0.25, 0.3) is 0 Å². The third-order valence-corrected chi connectivity index (χ3v) is 11.2. The van der Waals surface area contributed by atoms with Gasteiger partial charge < -0.3 is 31.5 Å². The quantitative estimate of drug-likeness (QED) is 0.287. The molecule has 4 amide bonds. The molecule has 42 heavy (non-hydrogen) atoms. The number of urea groups is 1. The van der Waals surface area contributed by atoms with Crippen LogP contribution < -0.4 is 21.7 Å². The second-order valence-electron chi connectivity index (χ2n) is 13.4. The fourth-order valence-electron chi connectivity index (χ4n) is 7.14. The molecule has 4 fully saturated rings. The number of unbranched alkanes of at least 4 members (excludes halogenated alkanes) is 1. The van der Waals surface area contributed by atoms with Crippen molar-refractivity contribution < 1.29 is 14.4 Å². The van der Waals surface area contributed by atoms with E-state index in [2.05, 4.69) is 34.3 Å². The summed E-state index contributed by atoms with van der Waals surface area (Å²) >= 11 is 1.64. The maximum Gasteiger partial charge on any atom is 0.317 e. The predicted molar refractivity (Wildman–Crippen MR) is 167 cm³/mol. The zero-order valence-corrected chi connectivity index (χ0v) is 26.3. The van der Waals surface area contributed by atoms with Crippen molar-refractivity contribution in [1.82, 2.24) is 25.8 Å². The van der Waals surface area contributed by atoms with Crippen molar-refractivity contribution in [3.8, 4) is 0 Å². The van der Waals surface area contributed by atoms with E-state index < -0.39 is 5.92 Å². The lowest BCUT2D eigenvalue weighted by Crippen LogP contribution is -2.61. The summed E-state index contributed by atoms with van der Waals surface area (Å²) in [4.78, 5) is 45.9. The second-order valence-corrected chi connectivity index (χ2v) is 14.4. The molecule has 2 saturated carbocycles. The molecule has 1 aromatic rings. The number of hydrogen-bond acceptors (Lipinski definition) is 6. The molecule has 0 radical (unpaired) electrons. The molecule has 5 rings (SSSR count). The molecule has 1 spiro atoms. The van der Waals surface area contributed by atoms with E-state index in [0.717, 1.165) is 62.9 Å². The van der Waals surface area contributed by atoms with Crippen molar-refractivity contribution in [2.45, 2.75) is 115 Å². The molecule has 0 bridgehead atoms. The summed E-state index contributed by atoms with van der Waals surface area (Å²) in [6, 6.07) is 1.83. The van der Waals surface area contributed by atoms with E-state index in [4.69, 9.17) is 5.73 Å². The smallest absolute Gasteiger partial charge is 0.317 e. The standard InChI is InChI=1S/C32H52N6O3S/c1-23-19-25(42-22-23)20-34-29(39)26-21-38(30(40)28(9-5-6-15-33)35-24-7-3-2-4-8-24)16-10-27(26)36-31(41)37-17-13-32(11-12-32)14-18-37/h19,22,24,26-28,35H,2-18,20-21,33H2,1H3,(H,34,39)(H,36,41)/t26-,27+,28+/m0/s1. The van der Waals surface area contributed by atoms with Crippen molar-refractivity contribution in [1.29, 1.82) is 0 Å². The number of thiophene rings is 1.